The predicted octanol–water partition coefficient (Wildman–Crippen LogP) is 4.62. The van der Waals surface area contributed by atoms with Crippen LogP contribution in [0.1, 0.15) is 49.1 Å². The Morgan fingerprint density at radius 1 is 0.952 bits per heavy atom. The number of benzene rings is 1. The summed E-state index contributed by atoms with van der Waals surface area (Å²) in [5.74, 6) is 2.11. The highest BCUT2D eigenvalue weighted by Crippen LogP contribution is 2.26. The summed E-state index contributed by atoms with van der Waals surface area (Å²) in [5, 5.41) is 3.31. The summed E-state index contributed by atoms with van der Waals surface area (Å²) < 4.78 is 0. The molecule has 0 radical (unpaired) electrons. The van der Waals surface area contributed by atoms with Crippen LogP contribution < -0.4 is 5.32 Å². The normalized spacial score (nSPS) is 11.0. The van der Waals surface area contributed by atoms with Crippen molar-refractivity contribution in [1.29, 1.82) is 0 Å². The van der Waals surface area contributed by atoms with Gasteiger partial charge >= 0.3 is 0 Å². The lowest BCUT2D eigenvalue weighted by atomic mass is 10.00. The van der Waals surface area contributed by atoms with Gasteiger partial charge in [-0.15, -0.1) is 0 Å². The Morgan fingerprint density at radius 3 is 2.24 bits per heavy atom. The van der Waals surface area contributed by atoms with Gasteiger partial charge in [-0.1, -0.05) is 19.9 Å². The molecule has 3 nitrogen and oxygen atoms in total. The van der Waals surface area contributed by atoms with Gasteiger partial charge < -0.3 is 5.32 Å². The fraction of sp³-hybridized carbons (Fsp3) is 0.444. The van der Waals surface area contributed by atoms with E-state index in [1.165, 1.54) is 16.7 Å². The number of hydrogen-bond acceptors (Lipinski definition) is 3. The molecule has 0 fully saturated rings. The number of anilines is 1. The van der Waals surface area contributed by atoms with Crippen molar-refractivity contribution in [2.45, 2.75) is 47.5 Å². The van der Waals surface area contributed by atoms with E-state index in [-0.39, 0.29) is 0 Å². The summed E-state index contributed by atoms with van der Waals surface area (Å²) in [6.45, 7) is 13.7. The second-order valence-electron chi connectivity index (χ2n) is 5.94. The van der Waals surface area contributed by atoms with E-state index in [1.807, 2.05) is 6.07 Å². The van der Waals surface area contributed by atoms with Crippen LogP contribution in [0.4, 0.5) is 5.82 Å². The third-order valence-corrected chi connectivity index (χ3v) is 3.78. The minimum atomic E-state index is 0.385. The van der Waals surface area contributed by atoms with E-state index in [0.29, 0.717) is 5.92 Å². The molecule has 0 atom stereocenters. The number of rotatable bonds is 4. The van der Waals surface area contributed by atoms with Crippen molar-refractivity contribution >= 4 is 5.82 Å². The largest absolute Gasteiger partial charge is 0.370 e. The third-order valence-electron chi connectivity index (χ3n) is 3.78. The van der Waals surface area contributed by atoms with Crippen LogP contribution in [0.2, 0.25) is 0 Å². The highest BCUT2D eigenvalue weighted by Gasteiger charge is 2.12. The van der Waals surface area contributed by atoms with Crippen molar-refractivity contribution in [1.82, 2.24) is 9.97 Å². The van der Waals surface area contributed by atoms with E-state index in [9.17, 15) is 0 Å². The first-order valence-electron chi connectivity index (χ1n) is 7.63. The van der Waals surface area contributed by atoms with E-state index >= 15 is 0 Å². The first-order valence-corrected chi connectivity index (χ1v) is 7.63. The zero-order chi connectivity index (χ0) is 15.6. The molecule has 1 aromatic heterocycles. The Balaban J connectivity index is 2.59. The molecular weight excluding hydrogens is 258 g/mol. The molecular formula is C18H25N3. The highest BCUT2D eigenvalue weighted by molar-refractivity contribution is 5.64. The average molecular weight is 283 g/mol. The third kappa shape index (κ3) is 3.41. The fourth-order valence-corrected chi connectivity index (χ4v) is 2.36. The molecule has 0 saturated heterocycles. The van der Waals surface area contributed by atoms with Crippen molar-refractivity contribution < 1.29 is 0 Å². The van der Waals surface area contributed by atoms with E-state index in [4.69, 9.17) is 4.98 Å². The molecule has 0 aliphatic carbocycles. The molecule has 0 unspecified atom stereocenters. The van der Waals surface area contributed by atoms with Crippen molar-refractivity contribution in [2.24, 2.45) is 0 Å². The fourth-order valence-electron chi connectivity index (χ4n) is 2.36. The molecule has 0 spiro atoms. The molecule has 0 amide bonds. The monoisotopic (exact) mass is 283 g/mol. The molecule has 0 bridgehead atoms. The van der Waals surface area contributed by atoms with Crippen LogP contribution in [-0.2, 0) is 0 Å². The molecule has 0 saturated carbocycles. The van der Waals surface area contributed by atoms with Gasteiger partial charge in [0.15, 0.2) is 5.82 Å². The standard InChI is InChI=1S/C18H25N3/c1-7-19-17-10-16(11(2)3)20-18(21-17)15-9-13(5)12(4)8-14(15)6/h8-11H,7H2,1-6H3,(H,19,20,21). The highest BCUT2D eigenvalue weighted by atomic mass is 15.0. The lowest BCUT2D eigenvalue weighted by Crippen LogP contribution is -2.05. The maximum atomic E-state index is 4.77. The van der Waals surface area contributed by atoms with Crippen LogP contribution in [0.5, 0.6) is 0 Å². The summed E-state index contributed by atoms with van der Waals surface area (Å²) in [7, 11) is 0. The first kappa shape index (κ1) is 15.5. The Bertz CT molecular complexity index is 645. The quantitative estimate of drug-likeness (QED) is 0.889. The lowest BCUT2D eigenvalue weighted by molar-refractivity contribution is 0.816. The van der Waals surface area contributed by atoms with Gasteiger partial charge in [-0.3, -0.25) is 0 Å². The Kier molecular flexibility index (Phi) is 4.61. The van der Waals surface area contributed by atoms with Gasteiger partial charge in [0, 0.05) is 23.9 Å². The number of nitrogens with zero attached hydrogens (tertiary/aromatic N) is 2. The zero-order valence-corrected chi connectivity index (χ0v) is 13.9. The Hall–Kier alpha value is -1.90. The maximum Gasteiger partial charge on any atom is 0.162 e. The van der Waals surface area contributed by atoms with Gasteiger partial charge in [0.1, 0.15) is 5.82 Å². The number of aryl methyl sites for hydroxylation is 3. The number of aromatic nitrogens is 2. The molecule has 1 aromatic carbocycles. The Labute approximate surface area is 127 Å². The molecule has 3 heteroatoms. The van der Waals surface area contributed by atoms with Gasteiger partial charge in [-0.2, -0.15) is 0 Å². The van der Waals surface area contributed by atoms with Crippen LogP contribution >= 0.6 is 0 Å². The minimum Gasteiger partial charge on any atom is -0.370 e. The molecule has 1 heterocycles. The van der Waals surface area contributed by atoms with Crippen molar-refractivity contribution in [3.63, 3.8) is 0 Å². The van der Waals surface area contributed by atoms with Gasteiger partial charge in [0.05, 0.1) is 0 Å². The maximum absolute atomic E-state index is 4.77. The second-order valence-corrected chi connectivity index (χ2v) is 5.94. The van der Waals surface area contributed by atoms with Crippen LogP contribution in [0.3, 0.4) is 0 Å². The molecule has 2 aromatic rings. The van der Waals surface area contributed by atoms with Gasteiger partial charge in [0.25, 0.3) is 0 Å². The van der Waals surface area contributed by atoms with Crippen LogP contribution in [0.15, 0.2) is 18.2 Å². The molecule has 2 rings (SSSR count). The van der Waals surface area contributed by atoms with E-state index in [0.717, 1.165) is 29.4 Å². The molecule has 112 valence electrons. The van der Waals surface area contributed by atoms with Crippen LogP contribution in [0, 0.1) is 20.8 Å². The van der Waals surface area contributed by atoms with Gasteiger partial charge in [0.2, 0.25) is 0 Å². The smallest absolute Gasteiger partial charge is 0.162 e. The van der Waals surface area contributed by atoms with Crippen molar-refractivity contribution in [3.05, 3.63) is 40.6 Å². The summed E-state index contributed by atoms with van der Waals surface area (Å²) in [4.78, 5) is 9.45. The van der Waals surface area contributed by atoms with Crippen LogP contribution in [-0.4, -0.2) is 16.5 Å². The summed E-state index contributed by atoms with van der Waals surface area (Å²) in [6, 6.07) is 6.46. The SMILES string of the molecule is CCNc1cc(C(C)C)nc(-c2cc(C)c(C)cc2C)n1. The van der Waals surface area contributed by atoms with Gasteiger partial charge in [-0.25, -0.2) is 9.97 Å². The topological polar surface area (TPSA) is 37.8 Å². The van der Waals surface area contributed by atoms with E-state index in [2.05, 4.69) is 64.0 Å². The summed E-state index contributed by atoms with van der Waals surface area (Å²) >= 11 is 0. The lowest BCUT2D eigenvalue weighted by Gasteiger charge is -2.13. The molecule has 21 heavy (non-hydrogen) atoms. The summed E-state index contributed by atoms with van der Waals surface area (Å²) in [6.07, 6.45) is 0. The zero-order valence-electron chi connectivity index (χ0n) is 13.9. The van der Waals surface area contributed by atoms with Crippen LogP contribution in [0.25, 0.3) is 11.4 Å². The van der Waals surface area contributed by atoms with E-state index in [1.54, 1.807) is 0 Å². The average Bonchev–Trinajstić information content (AvgIpc) is 2.42. The Morgan fingerprint density at radius 2 is 1.62 bits per heavy atom. The van der Waals surface area contributed by atoms with Crippen molar-refractivity contribution in [3.8, 4) is 11.4 Å². The predicted molar refractivity (Wildman–Crippen MR) is 89.9 cm³/mol. The first-order chi connectivity index (χ1) is 9.92. The minimum absolute atomic E-state index is 0.385. The summed E-state index contributed by atoms with van der Waals surface area (Å²) in [5.41, 5.74) is 6.01. The number of nitrogens with one attached hydrogen (secondary N) is 1. The molecule has 0 aliphatic rings. The van der Waals surface area contributed by atoms with Crippen molar-refractivity contribution in [2.75, 3.05) is 11.9 Å². The second kappa shape index (κ2) is 6.25. The number of hydrogen-bond donors (Lipinski definition) is 1. The molecule has 1 N–H and O–H groups in total. The van der Waals surface area contributed by atoms with Gasteiger partial charge in [-0.05, 0) is 56.4 Å². The molecule has 0 aliphatic heterocycles. The van der Waals surface area contributed by atoms with E-state index < -0.39 is 0 Å².